The topological polar surface area (TPSA) is 104 Å². The number of carbonyl (C=O) groups is 2. The number of phenols is 1. The van der Waals surface area contributed by atoms with E-state index in [1.54, 1.807) is 54.7 Å². The molecular formula is C22H16N4O3. The number of phenolic OH excluding ortho intramolecular Hbond substituents is 1. The fraction of sp³-hybridized carbons (Fsp3) is 0. The highest BCUT2D eigenvalue weighted by Gasteiger charge is 2.15. The molecule has 142 valence electrons. The minimum Gasteiger partial charge on any atom is -0.508 e. The van der Waals surface area contributed by atoms with Crippen LogP contribution in [0.15, 0.2) is 79.1 Å². The number of benzene rings is 2. The second-order valence-corrected chi connectivity index (χ2v) is 6.27. The molecule has 0 saturated carbocycles. The number of hydrogen-bond donors (Lipinski definition) is 3. The molecule has 4 aromatic rings. The minimum atomic E-state index is -0.471. The second-order valence-electron chi connectivity index (χ2n) is 6.27. The maximum atomic E-state index is 12.8. The summed E-state index contributed by atoms with van der Waals surface area (Å²) in [6, 6.07) is 18.7. The van der Waals surface area contributed by atoms with E-state index in [9.17, 15) is 14.7 Å². The standard InChI is InChI=1S/C22H16N4O3/c27-16-9-7-14(8-10-16)20-12-18(17-5-1-2-6-19(17)24-20)22(29)26-25-21(28)15-4-3-11-23-13-15/h1-13,27H,(H,25,28)(H,26,29). The third-order valence-electron chi connectivity index (χ3n) is 4.34. The molecule has 0 aliphatic rings. The Kier molecular flexibility index (Phi) is 4.86. The smallest absolute Gasteiger partial charge is 0.271 e. The summed E-state index contributed by atoms with van der Waals surface area (Å²) >= 11 is 0. The highest BCUT2D eigenvalue weighted by molar-refractivity contribution is 6.08. The lowest BCUT2D eigenvalue weighted by Gasteiger charge is -2.11. The first-order chi connectivity index (χ1) is 14.1. The van der Waals surface area contributed by atoms with Gasteiger partial charge in [-0.1, -0.05) is 18.2 Å². The van der Waals surface area contributed by atoms with E-state index in [2.05, 4.69) is 20.8 Å². The molecule has 0 radical (unpaired) electrons. The Morgan fingerprint density at radius 1 is 0.862 bits per heavy atom. The number of nitrogens with zero attached hydrogens (tertiary/aromatic N) is 2. The van der Waals surface area contributed by atoms with Crippen LogP contribution in [0.3, 0.4) is 0 Å². The summed E-state index contributed by atoms with van der Waals surface area (Å²) < 4.78 is 0. The van der Waals surface area contributed by atoms with Crippen molar-refractivity contribution in [2.24, 2.45) is 0 Å². The molecule has 29 heavy (non-hydrogen) atoms. The summed E-state index contributed by atoms with van der Waals surface area (Å²) in [7, 11) is 0. The maximum absolute atomic E-state index is 12.8. The van der Waals surface area contributed by atoms with Crippen LogP contribution >= 0.6 is 0 Å². The van der Waals surface area contributed by atoms with Crippen LogP contribution in [0.1, 0.15) is 20.7 Å². The van der Waals surface area contributed by atoms with E-state index >= 15 is 0 Å². The van der Waals surface area contributed by atoms with Crippen molar-refractivity contribution in [1.82, 2.24) is 20.8 Å². The van der Waals surface area contributed by atoms with Gasteiger partial charge in [-0.25, -0.2) is 4.98 Å². The van der Waals surface area contributed by atoms with Crippen molar-refractivity contribution >= 4 is 22.7 Å². The maximum Gasteiger partial charge on any atom is 0.271 e. The van der Waals surface area contributed by atoms with Gasteiger partial charge in [-0.2, -0.15) is 0 Å². The lowest BCUT2D eigenvalue weighted by Crippen LogP contribution is -2.41. The average molecular weight is 384 g/mol. The Morgan fingerprint density at radius 3 is 2.38 bits per heavy atom. The predicted molar refractivity (Wildman–Crippen MR) is 108 cm³/mol. The van der Waals surface area contributed by atoms with E-state index in [1.807, 2.05) is 18.2 Å². The molecule has 7 nitrogen and oxygen atoms in total. The monoisotopic (exact) mass is 384 g/mol. The van der Waals surface area contributed by atoms with Crippen LogP contribution in [0.2, 0.25) is 0 Å². The van der Waals surface area contributed by atoms with Gasteiger partial charge in [0.05, 0.1) is 22.3 Å². The van der Waals surface area contributed by atoms with E-state index in [-0.39, 0.29) is 5.75 Å². The number of amides is 2. The van der Waals surface area contributed by atoms with Crippen molar-refractivity contribution in [3.05, 3.63) is 90.3 Å². The zero-order valence-electron chi connectivity index (χ0n) is 15.2. The average Bonchev–Trinajstić information content (AvgIpc) is 2.77. The van der Waals surface area contributed by atoms with Crippen LogP contribution < -0.4 is 10.9 Å². The van der Waals surface area contributed by atoms with Crippen molar-refractivity contribution < 1.29 is 14.7 Å². The number of rotatable bonds is 3. The van der Waals surface area contributed by atoms with E-state index in [0.29, 0.717) is 27.7 Å². The summed E-state index contributed by atoms with van der Waals surface area (Å²) in [5.41, 5.74) is 7.51. The third kappa shape index (κ3) is 3.89. The number of carbonyl (C=O) groups excluding carboxylic acids is 2. The van der Waals surface area contributed by atoms with Gasteiger partial charge in [0, 0.05) is 23.3 Å². The third-order valence-corrected chi connectivity index (χ3v) is 4.34. The van der Waals surface area contributed by atoms with Gasteiger partial charge in [0.15, 0.2) is 0 Å². The Hall–Kier alpha value is -4.26. The van der Waals surface area contributed by atoms with E-state index in [0.717, 1.165) is 5.56 Å². The highest BCUT2D eigenvalue weighted by atomic mass is 16.3. The van der Waals surface area contributed by atoms with Crippen LogP contribution in [0.5, 0.6) is 5.75 Å². The fourth-order valence-corrected chi connectivity index (χ4v) is 2.89. The molecule has 0 bridgehead atoms. The first-order valence-corrected chi connectivity index (χ1v) is 8.82. The number of para-hydroxylation sites is 1. The summed E-state index contributed by atoms with van der Waals surface area (Å²) in [5, 5.41) is 10.2. The molecule has 4 rings (SSSR count). The van der Waals surface area contributed by atoms with Gasteiger partial charge in [0.1, 0.15) is 5.75 Å². The lowest BCUT2D eigenvalue weighted by atomic mass is 10.0. The molecule has 2 heterocycles. The van der Waals surface area contributed by atoms with Crippen LogP contribution in [-0.2, 0) is 0 Å². The lowest BCUT2D eigenvalue weighted by molar-refractivity contribution is 0.0847. The molecule has 0 aliphatic carbocycles. The Morgan fingerprint density at radius 2 is 1.62 bits per heavy atom. The number of nitrogens with one attached hydrogen (secondary N) is 2. The van der Waals surface area contributed by atoms with E-state index < -0.39 is 11.8 Å². The first kappa shape index (κ1) is 18.1. The highest BCUT2D eigenvalue weighted by Crippen LogP contribution is 2.26. The zero-order chi connectivity index (χ0) is 20.2. The van der Waals surface area contributed by atoms with Gasteiger partial charge in [-0.05, 0) is 48.5 Å². The van der Waals surface area contributed by atoms with Crippen molar-refractivity contribution in [2.45, 2.75) is 0 Å². The fourth-order valence-electron chi connectivity index (χ4n) is 2.89. The van der Waals surface area contributed by atoms with Gasteiger partial charge in [0.2, 0.25) is 0 Å². The molecule has 0 fully saturated rings. The molecule has 2 amide bonds. The molecule has 7 heteroatoms. The Bertz CT molecular complexity index is 1190. The van der Waals surface area contributed by atoms with Gasteiger partial charge >= 0.3 is 0 Å². The van der Waals surface area contributed by atoms with E-state index in [4.69, 9.17) is 0 Å². The van der Waals surface area contributed by atoms with Crippen molar-refractivity contribution in [3.8, 4) is 17.0 Å². The molecule has 0 saturated heterocycles. The van der Waals surface area contributed by atoms with Gasteiger partial charge in [0.25, 0.3) is 11.8 Å². The summed E-state index contributed by atoms with van der Waals surface area (Å²) in [5.74, 6) is -0.796. The molecule has 0 unspecified atom stereocenters. The van der Waals surface area contributed by atoms with E-state index in [1.165, 1.54) is 6.20 Å². The molecule has 0 atom stereocenters. The van der Waals surface area contributed by atoms with Crippen LogP contribution in [-0.4, -0.2) is 26.9 Å². The number of aromatic hydroxyl groups is 1. The molecule has 0 spiro atoms. The van der Waals surface area contributed by atoms with Gasteiger partial charge in [-0.15, -0.1) is 0 Å². The number of hydrazine groups is 1. The van der Waals surface area contributed by atoms with Crippen LogP contribution in [0.25, 0.3) is 22.2 Å². The number of aromatic nitrogens is 2. The summed E-state index contributed by atoms with van der Waals surface area (Å²) in [4.78, 5) is 33.5. The minimum absolute atomic E-state index is 0.144. The second kappa shape index (κ2) is 7.77. The number of fused-ring (bicyclic) bond motifs is 1. The SMILES string of the molecule is O=C(NNC(=O)c1cc(-c2ccc(O)cc2)nc2ccccc12)c1cccnc1. The number of hydrogen-bond acceptors (Lipinski definition) is 5. The predicted octanol–water partition coefficient (Wildman–Crippen LogP) is 3.08. The summed E-state index contributed by atoms with van der Waals surface area (Å²) in [6.45, 7) is 0. The zero-order valence-corrected chi connectivity index (χ0v) is 15.2. The molecule has 2 aromatic heterocycles. The van der Waals surface area contributed by atoms with Gasteiger partial charge in [-0.3, -0.25) is 25.4 Å². The normalized spacial score (nSPS) is 10.5. The van der Waals surface area contributed by atoms with Crippen LogP contribution in [0.4, 0.5) is 0 Å². The quantitative estimate of drug-likeness (QED) is 0.471. The van der Waals surface area contributed by atoms with Gasteiger partial charge < -0.3 is 5.11 Å². The molecular weight excluding hydrogens is 368 g/mol. The van der Waals surface area contributed by atoms with Crippen molar-refractivity contribution in [2.75, 3.05) is 0 Å². The molecule has 3 N–H and O–H groups in total. The van der Waals surface area contributed by atoms with Crippen molar-refractivity contribution in [1.29, 1.82) is 0 Å². The first-order valence-electron chi connectivity index (χ1n) is 8.82. The summed E-state index contributed by atoms with van der Waals surface area (Å²) in [6.07, 6.45) is 2.97. The molecule has 0 aliphatic heterocycles. The van der Waals surface area contributed by atoms with Crippen molar-refractivity contribution in [3.63, 3.8) is 0 Å². The largest absolute Gasteiger partial charge is 0.508 e. The Labute approximate surface area is 166 Å². The molecule has 2 aromatic carbocycles. The Balaban J connectivity index is 1.65. The van der Waals surface area contributed by atoms with Crippen LogP contribution in [0, 0.1) is 0 Å². The number of pyridine rings is 2.